The second-order valence-corrected chi connectivity index (χ2v) is 13.7. The Labute approximate surface area is 305 Å². The molecular formula is C50H31NO2. The van der Waals surface area contributed by atoms with Gasteiger partial charge in [0.1, 0.15) is 22.3 Å². The van der Waals surface area contributed by atoms with Gasteiger partial charge in [0.05, 0.1) is 0 Å². The molecule has 2 heterocycles. The average molecular weight is 678 g/mol. The van der Waals surface area contributed by atoms with Crippen molar-refractivity contribution >= 4 is 82.5 Å². The number of hydrogen-bond acceptors (Lipinski definition) is 3. The average Bonchev–Trinajstić information content (AvgIpc) is 3.79. The Morgan fingerprint density at radius 2 is 0.679 bits per heavy atom. The van der Waals surface area contributed by atoms with Gasteiger partial charge in [0.15, 0.2) is 0 Å². The van der Waals surface area contributed by atoms with Gasteiger partial charge in [-0.3, -0.25) is 0 Å². The van der Waals surface area contributed by atoms with Crippen molar-refractivity contribution in [2.75, 3.05) is 4.90 Å². The van der Waals surface area contributed by atoms with Crippen molar-refractivity contribution in [1.29, 1.82) is 0 Å². The smallest absolute Gasteiger partial charge is 0.135 e. The third kappa shape index (κ3) is 4.68. The van der Waals surface area contributed by atoms with Crippen LogP contribution in [0.25, 0.3) is 87.7 Å². The maximum absolute atomic E-state index is 6.27. The summed E-state index contributed by atoms with van der Waals surface area (Å²) < 4.78 is 12.5. The van der Waals surface area contributed by atoms with Gasteiger partial charge in [-0.25, -0.2) is 0 Å². The van der Waals surface area contributed by atoms with E-state index in [1.165, 1.54) is 38.2 Å². The minimum atomic E-state index is 0.870. The quantitative estimate of drug-likeness (QED) is 0.170. The van der Waals surface area contributed by atoms with Gasteiger partial charge in [-0.05, 0) is 104 Å². The summed E-state index contributed by atoms with van der Waals surface area (Å²) in [7, 11) is 0. The summed E-state index contributed by atoms with van der Waals surface area (Å²) in [5.74, 6) is 0. The van der Waals surface area contributed by atoms with Crippen molar-refractivity contribution in [1.82, 2.24) is 0 Å². The van der Waals surface area contributed by atoms with Crippen LogP contribution in [0, 0.1) is 0 Å². The summed E-state index contributed by atoms with van der Waals surface area (Å²) in [6.07, 6.45) is 0. The van der Waals surface area contributed by atoms with Crippen molar-refractivity contribution in [2.45, 2.75) is 0 Å². The Hall–Kier alpha value is -7.10. The van der Waals surface area contributed by atoms with E-state index in [9.17, 15) is 0 Å². The molecule has 2 aromatic heterocycles. The first kappa shape index (κ1) is 29.6. The number of rotatable bonds is 5. The highest BCUT2D eigenvalue weighted by Gasteiger charge is 2.21. The predicted molar refractivity (Wildman–Crippen MR) is 222 cm³/mol. The van der Waals surface area contributed by atoms with E-state index in [1.807, 2.05) is 24.3 Å². The highest BCUT2D eigenvalue weighted by Crippen LogP contribution is 2.47. The molecule has 0 aliphatic heterocycles. The number of benzene rings is 9. The van der Waals surface area contributed by atoms with Crippen LogP contribution in [-0.4, -0.2) is 0 Å². The molecule has 3 heteroatoms. The first-order valence-electron chi connectivity index (χ1n) is 18.0. The second kappa shape index (κ2) is 11.7. The largest absolute Gasteiger partial charge is 0.456 e. The van der Waals surface area contributed by atoms with Crippen LogP contribution in [0.5, 0.6) is 0 Å². The van der Waals surface area contributed by atoms with Gasteiger partial charge >= 0.3 is 0 Å². The van der Waals surface area contributed by atoms with Gasteiger partial charge in [0.25, 0.3) is 0 Å². The van der Waals surface area contributed by atoms with Crippen LogP contribution >= 0.6 is 0 Å². The summed E-state index contributed by atoms with van der Waals surface area (Å²) in [4.78, 5) is 2.36. The molecule has 53 heavy (non-hydrogen) atoms. The first-order valence-corrected chi connectivity index (χ1v) is 18.0. The molecule has 9 aromatic carbocycles. The summed E-state index contributed by atoms with van der Waals surface area (Å²) in [5.41, 5.74) is 11.5. The molecule has 0 fully saturated rings. The molecule has 0 amide bonds. The zero-order chi connectivity index (χ0) is 34.9. The van der Waals surface area contributed by atoms with Crippen molar-refractivity contribution in [3.8, 4) is 22.3 Å². The van der Waals surface area contributed by atoms with Gasteiger partial charge in [-0.15, -0.1) is 0 Å². The number of para-hydroxylation sites is 2. The summed E-state index contributed by atoms with van der Waals surface area (Å²) in [6, 6.07) is 67.0. The maximum atomic E-state index is 6.27. The van der Waals surface area contributed by atoms with Gasteiger partial charge in [-0.1, -0.05) is 127 Å². The SMILES string of the molecule is c1ccc(-c2c(-c3cccc(N(c4ccc5oc6ccccc6c5c4)c4ccc5oc6ccccc6c5c4)c3)c3ccccc3c3ccccc23)cc1. The monoisotopic (exact) mass is 677 g/mol. The minimum absolute atomic E-state index is 0.870. The molecule has 0 bridgehead atoms. The number of nitrogens with zero attached hydrogens (tertiary/aromatic N) is 1. The van der Waals surface area contributed by atoms with Crippen LogP contribution in [0.4, 0.5) is 17.1 Å². The van der Waals surface area contributed by atoms with Crippen molar-refractivity contribution in [3.63, 3.8) is 0 Å². The van der Waals surface area contributed by atoms with Crippen molar-refractivity contribution < 1.29 is 8.83 Å². The fourth-order valence-electron chi connectivity index (χ4n) is 8.30. The Balaban J connectivity index is 1.19. The number of hydrogen-bond donors (Lipinski definition) is 0. The van der Waals surface area contributed by atoms with Crippen LogP contribution in [0.1, 0.15) is 0 Å². The molecule has 0 aliphatic rings. The van der Waals surface area contributed by atoms with E-state index in [-0.39, 0.29) is 0 Å². The van der Waals surface area contributed by atoms with Gasteiger partial charge in [-0.2, -0.15) is 0 Å². The number of furan rings is 2. The van der Waals surface area contributed by atoms with Crippen LogP contribution in [0.15, 0.2) is 197 Å². The van der Waals surface area contributed by atoms with Gasteiger partial charge < -0.3 is 13.7 Å². The first-order chi connectivity index (χ1) is 26.3. The molecule has 11 rings (SSSR count). The summed E-state index contributed by atoms with van der Waals surface area (Å²) in [5, 5.41) is 9.34. The minimum Gasteiger partial charge on any atom is -0.456 e. The Morgan fingerprint density at radius 3 is 1.25 bits per heavy atom. The zero-order valence-corrected chi connectivity index (χ0v) is 28.7. The van der Waals surface area contributed by atoms with E-state index in [4.69, 9.17) is 8.83 Å². The third-order valence-corrected chi connectivity index (χ3v) is 10.6. The van der Waals surface area contributed by atoms with E-state index >= 15 is 0 Å². The highest BCUT2D eigenvalue weighted by molar-refractivity contribution is 6.21. The van der Waals surface area contributed by atoms with E-state index in [0.717, 1.165) is 66.5 Å². The van der Waals surface area contributed by atoms with Crippen LogP contribution in [0.2, 0.25) is 0 Å². The van der Waals surface area contributed by atoms with Crippen LogP contribution in [-0.2, 0) is 0 Å². The van der Waals surface area contributed by atoms with Crippen molar-refractivity contribution in [3.05, 3.63) is 188 Å². The zero-order valence-electron chi connectivity index (χ0n) is 28.7. The van der Waals surface area contributed by atoms with E-state index in [2.05, 4.69) is 169 Å². The topological polar surface area (TPSA) is 29.5 Å². The van der Waals surface area contributed by atoms with Crippen molar-refractivity contribution in [2.24, 2.45) is 0 Å². The van der Waals surface area contributed by atoms with E-state index in [1.54, 1.807) is 0 Å². The molecule has 248 valence electrons. The molecule has 0 saturated carbocycles. The molecule has 3 nitrogen and oxygen atoms in total. The lowest BCUT2D eigenvalue weighted by molar-refractivity contribution is 0.668. The fraction of sp³-hybridized carbons (Fsp3) is 0. The Kier molecular flexibility index (Phi) is 6.55. The molecule has 11 aromatic rings. The second-order valence-electron chi connectivity index (χ2n) is 13.7. The van der Waals surface area contributed by atoms with Crippen LogP contribution < -0.4 is 4.90 Å². The lowest BCUT2D eigenvalue weighted by Gasteiger charge is -2.27. The lowest BCUT2D eigenvalue weighted by atomic mass is 9.85. The Morgan fingerprint density at radius 1 is 0.264 bits per heavy atom. The van der Waals surface area contributed by atoms with Crippen LogP contribution in [0.3, 0.4) is 0 Å². The van der Waals surface area contributed by atoms with E-state index in [0.29, 0.717) is 0 Å². The molecule has 0 radical (unpaired) electrons. The highest BCUT2D eigenvalue weighted by atomic mass is 16.3. The van der Waals surface area contributed by atoms with Gasteiger partial charge in [0, 0.05) is 38.6 Å². The van der Waals surface area contributed by atoms with Gasteiger partial charge in [0.2, 0.25) is 0 Å². The molecular weight excluding hydrogens is 647 g/mol. The standard InChI is InChI=1S/C50H31NO2/c1-2-13-32(14-3-1)49-41-21-6-4-17-37(41)38-18-5-7-22-42(38)50(49)33-15-12-16-34(29-33)51(35-25-27-47-43(30-35)39-19-8-10-23-45(39)52-47)36-26-28-48-44(31-36)40-20-9-11-24-46(40)53-48/h1-31H. The normalized spacial score (nSPS) is 11.8. The van der Waals surface area contributed by atoms with E-state index < -0.39 is 0 Å². The number of anilines is 3. The third-order valence-electron chi connectivity index (χ3n) is 10.6. The molecule has 0 saturated heterocycles. The molecule has 0 atom stereocenters. The molecule has 0 spiro atoms. The molecule has 0 N–H and O–H groups in total. The predicted octanol–water partition coefficient (Wildman–Crippen LogP) is 14.6. The summed E-state index contributed by atoms with van der Waals surface area (Å²) >= 11 is 0. The molecule has 0 aliphatic carbocycles. The Bertz CT molecular complexity index is 3070. The number of fused-ring (bicyclic) bond motifs is 9. The fourth-order valence-corrected chi connectivity index (χ4v) is 8.30. The molecule has 0 unspecified atom stereocenters. The summed E-state index contributed by atoms with van der Waals surface area (Å²) in [6.45, 7) is 0. The maximum Gasteiger partial charge on any atom is 0.135 e. The lowest BCUT2D eigenvalue weighted by Crippen LogP contribution is -2.10.